The first kappa shape index (κ1) is 24.8. The molecule has 1 amide bonds. The molecule has 2 rings (SSSR count). The van der Waals surface area contributed by atoms with Crippen LogP contribution in [0.5, 0.6) is 0 Å². The highest BCUT2D eigenvalue weighted by molar-refractivity contribution is 6.56. The Morgan fingerprint density at radius 1 is 1.16 bits per heavy atom. The summed E-state index contributed by atoms with van der Waals surface area (Å²) in [4.78, 5) is 24.5. The fourth-order valence-electron chi connectivity index (χ4n) is 2.87. The molecule has 0 aromatic heterocycles. The second kappa shape index (κ2) is 8.92. The van der Waals surface area contributed by atoms with Crippen LogP contribution in [0.25, 0.3) is 6.08 Å². The van der Waals surface area contributed by atoms with E-state index >= 15 is 0 Å². The van der Waals surface area contributed by atoms with Gasteiger partial charge in [0.15, 0.2) is 0 Å². The Hall–Kier alpha value is -2.52. The van der Waals surface area contributed by atoms with Gasteiger partial charge in [0, 0.05) is 12.2 Å². The van der Waals surface area contributed by atoms with E-state index in [1.54, 1.807) is 45.0 Å². The number of rotatable bonds is 5. The van der Waals surface area contributed by atoms with Gasteiger partial charge in [-0.05, 0) is 71.6 Å². The maximum absolute atomic E-state index is 12.3. The standard InChI is InChI=1S/C22H33BN2O6/c1-20(2,3)29-19(27)25-13-15(23-30-21(4,5)22(6,7)31-23)11-14-9-10-16(24)12-17(14)18(26)28-8/h9-12H,13,24H2,1-8H3,(H,25,27). The summed E-state index contributed by atoms with van der Waals surface area (Å²) in [6.45, 7) is 13.2. The summed E-state index contributed by atoms with van der Waals surface area (Å²) >= 11 is 0. The number of benzene rings is 1. The number of esters is 1. The molecule has 1 aromatic rings. The number of hydrogen-bond donors (Lipinski definition) is 2. The molecule has 1 heterocycles. The molecule has 0 bridgehead atoms. The number of nitrogen functional groups attached to an aromatic ring is 1. The zero-order chi connectivity index (χ0) is 23.6. The molecule has 1 fully saturated rings. The third-order valence-electron chi connectivity index (χ3n) is 5.22. The van der Waals surface area contributed by atoms with Gasteiger partial charge < -0.3 is 29.8 Å². The lowest BCUT2D eigenvalue weighted by atomic mass is 9.76. The van der Waals surface area contributed by atoms with Gasteiger partial charge in [-0.3, -0.25) is 0 Å². The summed E-state index contributed by atoms with van der Waals surface area (Å²) in [5, 5.41) is 2.73. The van der Waals surface area contributed by atoms with E-state index in [0.29, 0.717) is 22.3 Å². The van der Waals surface area contributed by atoms with E-state index in [9.17, 15) is 9.59 Å². The van der Waals surface area contributed by atoms with Crippen LogP contribution in [0.3, 0.4) is 0 Å². The number of methoxy groups -OCH3 is 1. The number of alkyl carbamates (subject to hydrolysis) is 1. The van der Waals surface area contributed by atoms with E-state index in [1.807, 2.05) is 27.7 Å². The van der Waals surface area contributed by atoms with E-state index < -0.39 is 36.0 Å². The molecule has 0 spiro atoms. The van der Waals surface area contributed by atoms with Crippen molar-refractivity contribution in [2.75, 3.05) is 19.4 Å². The summed E-state index contributed by atoms with van der Waals surface area (Å²) < 4.78 is 22.5. The summed E-state index contributed by atoms with van der Waals surface area (Å²) in [7, 11) is 0.570. The van der Waals surface area contributed by atoms with Gasteiger partial charge in [0.05, 0.1) is 23.9 Å². The zero-order valence-electron chi connectivity index (χ0n) is 19.6. The number of amides is 1. The van der Waals surface area contributed by atoms with E-state index in [0.717, 1.165) is 0 Å². The van der Waals surface area contributed by atoms with Crippen molar-refractivity contribution in [1.82, 2.24) is 5.32 Å². The topological polar surface area (TPSA) is 109 Å². The molecule has 0 radical (unpaired) electrons. The number of carbonyl (C=O) groups excluding carboxylic acids is 2. The number of ether oxygens (including phenoxy) is 2. The Balaban J connectivity index is 2.41. The van der Waals surface area contributed by atoms with Crippen LogP contribution in [-0.2, 0) is 18.8 Å². The van der Waals surface area contributed by atoms with Gasteiger partial charge in [-0.1, -0.05) is 12.1 Å². The molecule has 8 nitrogen and oxygen atoms in total. The van der Waals surface area contributed by atoms with E-state index in [-0.39, 0.29) is 6.54 Å². The van der Waals surface area contributed by atoms with Crippen LogP contribution in [0, 0.1) is 0 Å². The van der Waals surface area contributed by atoms with Crippen molar-refractivity contribution in [2.24, 2.45) is 0 Å². The Kier molecular flexibility index (Phi) is 7.12. The van der Waals surface area contributed by atoms with E-state index in [4.69, 9.17) is 24.5 Å². The molecule has 170 valence electrons. The maximum atomic E-state index is 12.3. The first-order valence-corrected chi connectivity index (χ1v) is 10.2. The third-order valence-corrected chi connectivity index (χ3v) is 5.22. The molecule has 1 aliphatic rings. The second-order valence-corrected chi connectivity index (χ2v) is 9.50. The van der Waals surface area contributed by atoms with E-state index in [2.05, 4.69) is 5.32 Å². The van der Waals surface area contributed by atoms with Crippen LogP contribution >= 0.6 is 0 Å². The summed E-state index contributed by atoms with van der Waals surface area (Å²) in [6, 6.07) is 4.93. The van der Waals surface area contributed by atoms with Crippen LogP contribution in [0.4, 0.5) is 10.5 Å². The van der Waals surface area contributed by atoms with Crippen LogP contribution in [0.1, 0.15) is 64.4 Å². The van der Waals surface area contributed by atoms with Crippen molar-refractivity contribution in [2.45, 2.75) is 65.3 Å². The average molecular weight is 432 g/mol. The predicted octanol–water partition coefficient (Wildman–Crippen LogP) is 3.59. The van der Waals surface area contributed by atoms with Crippen molar-refractivity contribution >= 4 is 30.9 Å². The third kappa shape index (κ3) is 6.24. The fourth-order valence-corrected chi connectivity index (χ4v) is 2.87. The largest absolute Gasteiger partial charge is 0.492 e. The highest BCUT2D eigenvalue weighted by Gasteiger charge is 2.52. The van der Waals surface area contributed by atoms with E-state index in [1.165, 1.54) is 7.11 Å². The lowest BCUT2D eigenvalue weighted by molar-refractivity contribution is 0.00578. The Morgan fingerprint density at radius 2 is 1.74 bits per heavy atom. The van der Waals surface area contributed by atoms with Crippen molar-refractivity contribution in [3.05, 3.63) is 34.8 Å². The molecule has 0 aliphatic carbocycles. The second-order valence-electron chi connectivity index (χ2n) is 9.50. The first-order valence-electron chi connectivity index (χ1n) is 10.2. The highest BCUT2D eigenvalue weighted by atomic mass is 16.7. The quantitative estimate of drug-likeness (QED) is 0.416. The SMILES string of the molecule is COC(=O)c1cc(N)ccc1C=C(CNC(=O)OC(C)(C)C)B1OC(C)(C)C(C)(C)O1. The molecule has 0 saturated carbocycles. The summed E-state index contributed by atoms with van der Waals surface area (Å²) in [5.74, 6) is -0.521. The molecule has 3 N–H and O–H groups in total. The maximum Gasteiger partial charge on any atom is 0.492 e. The normalized spacial score (nSPS) is 17.9. The van der Waals surface area contributed by atoms with Crippen molar-refractivity contribution in [3.63, 3.8) is 0 Å². The predicted molar refractivity (Wildman–Crippen MR) is 120 cm³/mol. The molecular formula is C22H33BN2O6. The van der Waals surface area contributed by atoms with Gasteiger partial charge in [-0.2, -0.15) is 0 Å². The molecular weight excluding hydrogens is 399 g/mol. The van der Waals surface area contributed by atoms with Crippen molar-refractivity contribution < 1.29 is 28.4 Å². The number of nitrogens with one attached hydrogen (secondary N) is 1. The Labute approximate surface area is 184 Å². The van der Waals surface area contributed by atoms with Crippen LogP contribution in [0.2, 0.25) is 0 Å². The van der Waals surface area contributed by atoms with Gasteiger partial charge in [-0.25, -0.2) is 9.59 Å². The van der Waals surface area contributed by atoms with Crippen molar-refractivity contribution in [3.8, 4) is 0 Å². The molecule has 1 aromatic carbocycles. The number of nitrogens with two attached hydrogens (primary N) is 1. The molecule has 1 saturated heterocycles. The molecule has 31 heavy (non-hydrogen) atoms. The molecule has 0 atom stereocenters. The number of carbonyl (C=O) groups is 2. The smallest absolute Gasteiger partial charge is 0.465 e. The fraction of sp³-hybridized carbons (Fsp3) is 0.545. The van der Waals surface area contributed by atoms with Gasteiger partial charge in [0.25, 0.3) is 0 Å². The van der Waals surface area contributed by atoms with Gasteiger partial charge in [0.1, 0.15) is 5.60 Å². The van der Waals surface area contributed by atoms with Crippen LogP contribution < -0.4 is 11.1 Å². The molecule has 1 aliphatic heterocycles. The zero-order valence-corrected chi connectivity index (χ0v) is 19.6. The van der Waals surface area contributed by atoms with Gasteiger partial charge >= 0.3 is 19.2 Å². The highest BCUT2D eigenvalue weighted by Crippen LogP contribution is 2.39. The lowest BCUT2D eigenvalue weighted by Crippen LogP contribution is -2.41. The summed E-state index contributed by atoms with van der Waals surface area (Å²) in [6.07, 6.45) is 1.17. The van der Waals surface area contributed by atoms with Crippen molar-refractivity contribution in [1.29, 1.82) is 0 Å². The summed E-state index contributed by atoms with van der Waals surface area (Å²) in [5.41, 5.74) is 5.98. The number of anilines is 1. The minimum Gasteiger partial charge on any atom is -0.465 e. The average Bonchev–Trinajstić information content (AvgIpc) is 2.84. The Bertz CT molecular complexity index is 857. The Morgan fingerprint density at radius 3 is 2.26 bits per heavy atom. The number of hydrogen-bond acceptors (Lipinski definition) is 7. The first-order chi connectivity index (χ1) is 14.1. The molecule has 9 heteroatoms. The monoisotopic (exact) mass is 432 g/mol. The minimum absolute atomic E-state index is 0.0940. The minimum atomic E-state index is -0.733. The van der Waals surface area contributed by atoms with Crippen LogP contribution in [-0.4, -0.2) is 49.6 Å². The molecule has 0 unspecified atom stereocenters. The lowest BCUT2D eigenvalue weighted by Gasteiger charge is -2.32. The van der Waals surface area contributed by atoms with Crippen LogP contribution in [0.15, 0.2) is 23.7 Å². The van der Waals surface area contributed by atoms with Gasteiger partial charge in [0.2, 0.25) is 0 Å². The van der Waals surface area contributed by atoms with Gasteiger partial charge in [-0.15, -0.1) is 0 Å².